The first-order chi connectivity index (χ1) is 13.2. The van der Waals surface area contributed by atoms with Crippen LogP contribution in [0, 0.1) is 11.8 Å². The molecule has 0 spiro atoms. The highest BCUT2D eigenvalue weighted by molar-refractivity contribution is 5.74. The van der Waals surface area contributed by atoms with E-state index in [2.05, 4.69) is 17.6 Å². The monoisotopic (exact) mass is 400 g/mol. The van der Waals surface area contributed by atoms with Gasteiger partial charge in [0, 0.05) is 0 Å². The van der Waals surface area contributed by atoms with Gasteiger partial charge in [-0.15, -0.1) is 0 Å². The summed E-state index contributed by atoms with van der Waals surface area (Å²) >= 11 is 0. The minimum absolute atomic E-state index is 0.0766. The highest BCUT2D eigenvalue weighted by Crippen LogP contribution is 2.13. The van der Waals surface area contributed by atoms with Crippen molar-refractivity contribution in [2.45, 2.75) is 117 Å². The minimum Gasteiger partial charge on any atom is -0.480 e. The summed E-state index contributed by atoms with van der Waals surface area (Å²) in [4.78, 5) is 23.1. The van der Waals surface area contributed by atoms with Crippen LogP contribution in [0.15, 0.2) is 0 Å². The van der Waals surface area contributed by atoms with Gasteiger partial charge in [0.25, 0.3) is 0 Å². The molecule has 166 valence electrons. The van der Waals surface area contributed by atoms with Crippen molar-refractivity contribution in [3.63, 3.8) is 0 Å². The van der Waals surface area contributed by atoms with Gasteiger partial charge in [-0.3, -0.25) is 20.2 Å². The lowest BCUT2D eigenvalue weighted by Gasteiger charge is -2.30. The number of nitrogens with one attached hydrogen (secondary N) is 2. The Labute approximate surface area is 171 Å². The third-order valence-corrected chi connectivity index (χ3v) is 5.22. The molecule has 0 aromatic heterocycles. The normalized spacial score (nSPS) is 14.0. The lowest BCUT2D eigenvalue weighted by molar-refractivity contribution is -0.141. The molecule has 2 atom stereocenters. The molecule has 0 aliphatic carbocycles. The first-order valence-corrected chi connectivity index (χ1v) is 11.2. The Balaban J connectivity index is 4.56. The van der Waals surface area contributed by atoms with Crippen molar-refractivity contribution in [1.82, 2.24) is 10.6 Å². The predicted molar refractivity (Wildman–Crippen MR) is 114 cm³/mol. The second kappa shape index (κ2) is 15.7. The summed E-state index contributed by atoms with van der Waals surface area (Å²) in [5.74, 6) is -1.95. The number of carboxylic acids is 2. The second-order valence-electron chi connectivity index (χ2n) is 8.62. The molecule has 6 heteroatoms. The third kappa shape index (κ3) is 12.3. The van der Waals surface area contributed by atoms with E-state index in [1.54, 1.807) is 0 Å². The summed E-state index contributed by atoms with van der Waals surface area (Å²) in [7, 11) is 0. The zero-order valence-electron chi connectivity index (χ0n) is 18.7. The summed E-state index contributed by atoms with van der Waals surface area (Å²) in [6.07, 6.45) is 11.4. The van der Waals surface area contributed by atoms with E-state index in [1.165, 1.54) is 44.9 Å². The number of hydrogen-bond donors (Lipinski definition) is 4. The van der Waals surface area contributed by atoms with Crippen molar-refractivity contribution in [3.05, 3.63) is 0 Å². The fraction of sp³-hybridized carbons (Fsp3) is 0.909. The molecule has 4 N–H and O–H groups in total. The highest BCUT2D eigenvalue weighted by atomic mass is 16.4. The maximum atomic E-state index is 11.5. The van der Waals surface area contributed by atoms with Gasteiger partial charge in [0.05, 0.1) is 6.17 Å². The number of aliphatic carboxylic acids is 2. The van der Waals surface area contributed by atoms with Crippen molar-refractivity contribution < 1.29 is 19.8 Å². The third-order valence-electron chi connectivity index (χ3n) is 5.22. The standard InChI is InChI=1S/C22H44N2O4/c1-6-7-8-9-10-11-12-13-14-15-18(23-19(16(2)3)21(25)26)24-20(17(4)5)22(27)28/h16-20,23-24H,6-15H2,1-5H3,(H,25,26)(H,27,28)/t19-,20-/m0/s1. The Morgan fingerprint density at radius 1 is 0.679 bits per heavy atom. The van der Waals surface area contributed by atoms with Gasteiger partial charge in [-0.2, -0.15) is 0 Å². The van der Waals surface area contributed by atoms with E-state index in [-0.39, 0.29) is 18.0 Å². The Hall–Kier alpha value is -1.14. The van der Waals surface area contributed by atoms with Crippen molar-refractivity contribution in [3.8, 4) is 0 Å². The molecular formula is C22H44N2O4. The molecule has 0 rings (SSSR count). The van der Waals surface area contributed by atoms with Gasteiger partial charge in [-0.1, -0.05) is 92.4 Å². The fourth-order valence-corrected chi connectivity index (χ4v) is 3.41. The quantitative estimate of drug-likeness (QED) is 0.198. The number of carboxylic acid groups (broad SMARTS) is 2. The van der Waals surface area contributed by atoms with Crippen LogP contribution in [-0.4, -0.2) is 40.4 Å². The summed E-state index contributed by atoms with van der Waals surface area (Å²) in [5.41, 5.74) is 0. The van der Waals surface area contributed by atoms with Crippen LogP contribution < -0.4 is 10.6 Å². The van der Waals surface area contributed by atoms with E-state index in [4.69, 9.17) is 0 Å². The van der Waals surface area contributed by atoms with Crippen LogP contribution in [0.1, 0.15) is 98.8 Å². The lowest BCUT2D eigenvalue weighted by atomic mass is 10.0. The van der Waals surface area contributed by atoms with Gasteiger partial charge in [-0.25, -0.2) is 0 Å². The molecule has 0 saturated carbocycles. The Morgan fingerprint density at radius 3 is 1.36 bits per heavy atom. The predicted octanol–water partition coefficient (Wildman–Crippen LogP) is 4.63. The van der Waals surface area contributed by atoms with Crippen LogP contribution in [0.25, 0.3) is 0 Å². The van der Waals surface area contributed by atoms with E-state index in [0.717, 1.165) is 19.3 Å². The summed E-state index contributed by atoms with van der Waals surface area (Å²) in [6.45, 7) is 9.66. The van der Waals surface area contributed by atoms with Crippen molar-refractivity contribution >= 4 is 11.9 Å². The number of hydrogen-bond acceptors (Lipinski definition) is 4. The average Bonchev–Trinajstić information content (AvgIpc) is 2.60. The number of rotatable bonds is 18. The fourth-order valence-electron chi connectivity index (χ4n) is 3.41. The lowest BCUT2D eigenvalue weighted by Crippen LogP contribution is -2.57. The topological polar surface area (TPSA) is 98.7 Å². The molecule has 0 aromatic rings. The molecule has 0 amide bonds. The molecule has 0 bridgehead atoms. The molecular weight excluding hydrogens is 356 g/mol. The molecule has 0 aliphatic rings. The Morgan fingerprint density at radius 2 is 1.04 bits per heavy atom. The SMILES string of the molecule is CCCCCCCCCCCC(N[C@H](C(=O)O)C(C)C)N[C@H](C(=O)O)C(C)C. The first-order valence-electron chi connectivity index (χ1n) is 11.2. The summed E-state index contributed by atoms with van der Waals surface area (Å²) in [6, 6.07) is -1.39. The zero-order chi connectivity index (χ0) is 21.5. The van der Waals surface area contributed by atoms with Crippen LogP contribution in [-0.2, 0) is 9.59 Å². The maximum absolute atomic E-state index is 11.5. The highest BCUT2D eigenvalue weighted by Gasteiger charge is 2.29. The smallest absolute Gasteiger partial charge is 0.321 e. The number of unbranched alkanes of at least 4 members (excludes halogenated alkanes) is 8. The number of carbonyl (C=O) groups is 2. The molecule has 0 aromatic carbocycles. The average molecular weight is 401 g/mol. The van der Waals surface area contributed by atoms with Crippen molar-refractivity contribution in [2.24, 2.45) is 11.8 Å². The first kappa shape index (κ1) is 26.9. The van der Waals surface area contributed by atoms with E-state index in [0.29, 0.717) is 0 Å². The maximum Gasteiger partial charge on any atom is 0.321 e. The van der Waals surface area contributed by atoms with Crippen molar-refractivity contribution in [2.75, 3.05) is 0 Å². The molecule has 0 saturated heterocycles. The second-order valence-corrected chi connectivity index (χ2v) is 8.62. The van der Waals surface area contributed by atoms with Crippen LogP contribution in [0.5, 0.6) is 0 Å². The summed E-state index contributed by atoms with van der Waals surface area (Å²) < 4.78 is 0. The van der Waals surface area contributed by atoms with Crippen molar-refractivity contribution in [1.29, 1.82) is 0 Å². The van der Waals surface area contributed by atoms with Crippen LogP contribution in [0.4, 0.5) is 0 Å². The van der Waals surface area contributed by atoms with E-state index in [1.807, 2.05) is 27.7 Å². The molecule has 0 aliphatic heterocycles. The minimum atomic E-state index is -0.898. The van der Waals surface area contributed by atoms with Crippen LogP contribution >= 0.6 is 0 Å². The summed E-state index contributed by atoms with van der Waals surface area (Å²) in [5, 5.41) is 25.2. The molecule has 0 unspecified atom stereocenters. The largest absolute Gasteiger partial charge is 0.480 e. The molecule has 0 radical (unpaired) electrons. The van der Waals surface area contributed by atoms with Gasteiger partial charge < -0.3 is 10.2 Å². The van der Waals surface area contributed by atoms with Gasteiger partial charge >= 0.3 is 11.9 Å². The van der Waals surface area contributed by atoms with Gasteiger partial charge in [0.2, 0.25) is 0 Å². The van der Waals surface area contributed by atoms with E-state index >= 15 is 0 Å². The van der Waals surface area contributed by atoms with E-state index in [9.17, 15) is 19.8 Å². The van der Waals surface area contributed by atoms with Gasteiger partial charge in [0.1, 0.15) is 12.1 Å². The molecule has 6 nitrogen and oxygen atoms in total. The molecule has 28 heavy (non-hydrogen) atoms. The van der Waals surface area contributed by atoms with Gasteiger partial charge in [-0.05, 0) is 18.3 Å². The van der Waals surface area contributed by atoms with Crippen LogP contribution in [0.3, 0.4) is 0 Å². The van der Waals surface area contributed by atoms with Gasteiger partial charge in [0.15, 0.2) is 0 Å². The van der Waals surface area contributed by atoms with Crippen LogP contribution in [0.2, 0.25) is 0 Å². The Bertz CT molecular complexity index is 399. The zero-order valence-corrected chi connectivity index (χ0v) is 18.7. The van der Waals surface area contributed by atoms with E-state index < -0.39 is 24.0 Å². The molecule has 0 heterocycles. The Kier molecular flexibility index (Phi) is 15.1. The molecule has 0 fully saturated rings.